The zero-order valence-corrected chi connectivity index (χ0v) is 16.2. The Bertz CT molecular complexity index is 1060. The Morgan fingerprint density at radius 1 is 1.00 bits per heavy atom. The minimum atomic E-state index is -0.875. The maximum Gasteiger partial charge on any atom is 0.357 e. The van der Waals surface area contributed by atoms with Crippen LogP contribution in [0.25, 0.3) is 17.3 Å². The van der Waals surface area contributed by atoms with Gasteiger partial charge in [-0.3, -0.25) is 0 Å². The topological polar surface area (TPSA) is 68.4 Å². The van der Waals surface area contributed by atoms with Gasteiger partial charge in [0.15, 0.2) is 11.5 Å². The van der Waals surface area contributed by atoms with Gasteiger partial charge in [0.05, 0.1) is 12.3 Å². The predicted molar refractivity (Wildman–Crippen MR) is 107 cm³/mol. The molecule has 0 saturated carbocycles. The van der Waals surface area contributed by atoms with Crippen molar-refractivity contribution in [2.45, 2.75) is 13.5 Å². The molecule has 0 unspecified atom stereocenters. The lowest BCUT2D eigenvalue weighted by Gasteiger charge is -2.02. The van der Waals surface area contributed by atoms with Crippen LogP contribution in [0.3, 0.4) is 0 Å². The summed E-state index contributed by atoms with van der Waals surface area (Å²) in [4.78, 5) is 26.8. The fourth-order valence-corrected chi connectivity index (χ4v) is 2.76. The van der Waals surface area contributed by atoms with E-state index in [-0.39, 0.29) is 30.2 Å². The van der Waals surface area contributed by atoms with E-state index in [0.717, 1.165) is 11.6 Å². The van der Waals surface area contributed by atoms with Gasteiger partial charge in [0.2, 0.25) is 0 Å². The highest BCUT2D eigenvalue weighted by Crippen LogP contribution is 2.29. The van der Waals surface area contributed by atoms with Crippen molar-refractivity contribution in [3.05, 3.63) is 89.1 Å². The molecular weight excluding hydrogens is 392 g/mol. The van der Waals surface area contributed by atoms with E-state index in [9.17, 15) is 18.4 Å². The van der Waals surface area contributed by atoms with E-state index in [1.165, 1.54) is 30.3 Å². The second-order valence-electron chi connectivity index (χ2n) is 6.26. The number of nitrogens with one attached hydrogen (secondary N) is 1. The first kappa shape index (κ1) is 21.0. The molecule has 0 radical (unpaired) electrons. The molecule has 154 valence electrons. The summed E-state index contributed by atoms with van der Waals surface area (Å²) >= 11 is 0. The maximum absolute atomic E-state index is 14.9. The van der Waals surface area contributed by atoms with Gasteiger partial charge >= 0.3 is 11.9 Å². The van der Waals surface area contributed by atoms with Crippen LogP contribution in [0, 0.1) is 11.6 Å². The van der Waals surface area contributed by atoms with Gasteiger partial charge in [-0.1, -0.05) is 30.3 Å². The fourth-order valence-electron chi connectivity index (χ4n) is 2.76. The van der Waals surface area contributed by atoms with Gasteiger partial charge in [0.25, 0.3) is 0 Å². The minimum Gasteiger partial charge on any atom is -0.461 e. The molecule has 0 amide bonds. The van der Waals surface area contributed by atoms with E-state index in [1.807, 2.05) is 18.2 Å². The molecule has 0 aliphatic rings. The third kappa shape index (κ3) is 5.00. The summed E-state index contributed by atoms with van der Waals surface area (Å²) in [6.45, 7) is 1.74. The monoisotopic (exact) mass is 411 g/mol. The molecule has 1 aromatic heterocycles. The first-order valence-electron chi connectivity index (χ1n) is 9.23. The molecule has 0 fully saturated rings. The molecule has 30 heavy (non-hydrogen) atoms. The van der Waals surface area contributed by atoms with E-state index >= 15 is 0 Å². The smallest absolute Gasteiger partial charge is 0.357 e. The number of rotatable bonds is 7. The predicted octanol–water partition coefficient (Wildman–Crippen LogP) is 4.89. The third-order valence-corrected chi connectivity index (χ3v) is 4.20. The number of halogens is 2. The molecule has 7 heteroatoms. The second-order valence-corrected chi connectivity index (χ2v) is 6.26. The normalized spacial score (nSPS) is 10.9. The molecule has 0 aliphatic heterocycles. The van der Waals surface area contributed by atoms with Crippen molar-refractivity contribution < 1.29 is 27.8 Å². The summed E-state index contributed by atoms with van der Waals surface area (Å²) in [5.74, 6) is -2.88. The first-order chi connectivity index (χ1) is 14.5. The van der Waals surface area contributed by atoms with Crippen LogP contribution in [0.5, 0.6) is 0 Å². The molecule has 0 spiro atoms. The zero-order chi connectivity index (χ0) is 21.5. The van der Waals surface area contributed by atoms with Crippen molar-refractivity contribution in [1.29, 1.82) is 0 Å². The SMILES string of the molecule is CCOC(=O)c1[nH]c(-c2ccc(F)cc2)c(/C=C/C(=O)OCc2ccccc2)c1F. The van der Waals surface area contributed by atoms with Gasteiger partial charge in [-0.25, -0.2) is 18.4 Å². The van der Waals surface area contributed by atoms with Gasteiger partial charge in [0.1, 0.15) is 12.4 Å². The van der Waals surface area contributed by atoms with Crippen molar-refractivity contribution in [3.63, 3.8) is 0 Å². The maximum atomic E-state index is 14.9. The molecule has 0 saturated heterocycles. The number of aromatic nitrogens is 1. The summed E-state index contributed by atoms with van der Waals surface area (Å²) in [6, 6.07) is 14.4. The lowest BCUT2D eigenvalue weighted by atomic mass is 10.1. The Kier molecular flexibility index (Phi) is 6.75. The number of aromatic amines is 1. The summed E-state index contributed by atoms with van der Waals surface area (Å²) < 4.78 is 38.2. The van der Waals surface area contributed by atoms with Crippen LogP contribution >= 0.6 is 0 Å². The number of ether oxygens (including phenoxy) is 2. The standard InChI is InChI=1S/C23H19F2NO4/c1-2-29-23(28)22-20(25)18(21(26-22)16-8-10-17(24)11-9-16)12-13-19(27)30-14-15-6-4-3-5-7-15/h3-13,26H,2,14H2,1H3/b13-12+. The van der Waals surface area contributed by atoms with Gasteiger partial charge in [-0.15, -0.1) is 0 Å². The minimum absolute atomic E-state index is 0.0404. The number of hydrogen-bond acceptors (Lipinski definition) is 4. The number of benzene rings is 2. The number of carbonyl (C=O) groups excluding carboxylic acids is 2. The van der Waals surface area contributed by atoms with Crippen LogP contribution in [-0.4, -0.2) is 23.5 Å². The summed E-state index contributed by atoms with van der Waals surface area (Å²) in [7, 11) is 0. The quantitative estimate of drug-likeness (QED) is 0.444. The Morgan fingerprint density at radius 2 is 1.70 bits per heavy atom. The van der Waals surface area contributed by atoms with Crippen molar-refractivity contribution in [2.24, 2.45) is 0 Å². The van der Waals surface area contributed by atoms with E-state index in [0.29, 0.717) is 5.56 Å². The van der Waals surface area contributed by atoms with Gasteiger partial charge in [0, 0.05) is 11.6 Å². The van der Waals surface area contributed by atoms with E-state index in [1.54, 1.807) is 19.1 Å². The molecule has 1 N–H and O–H groups in total. The van der Waals surface area contributed by atoms with Gasteiger partial charge < -0.3 is 14.5 Å². The molecule has 0 bridgehead atoms. The van der Waals surface area contributed by atoms with Crippen LogP contribution in [0.4, 0.5) is 8.78 Å². The van der Waals surface area contributed by atoms with Crippen LogP contribution < -0.4 is 0 Å². The first-order valence-corrected chi connectivity index (χ1v) is 9.23. The number of hydrogen-bond donors (Lipinski definition) is 1. The lowest BCUT2D eigenvalue weighted by molar-refractivity contribution is -0.138. The average Bonchev–Trinajstić information content (AvgIpc) is 3.08. The highest BCUT2D eigenvalue weighted by Gasteiger charge is 2.23. The summed E-state index contributed by atoms with van der Waals surface area (Å²) in [5, 5.41) is 0. The average molecular weight is 411 g/mol. The summed E-state index contributed by atoms with van der Waals surface area (Å²) in [5.41, 5.74) is 1.03. The van der Waals surface area contributed by atoms with E-state index in [2.05, 4.69) is 4.98 Å². The highest BCUT2D eigenvalue weighted by atomic mass is 19.1. The summed E-state index contributed by atoms with van der Waals surface area (Å²) in [6.07, 6.45) is 2.28. The molecule has 3 rings (SSSR count). The Labute approximate surface area is 172 Å². The zero-order valence-electron chi connectivity index (χ0n) is 16.2. The van der Waals surface area contributed by atoms with Crippen LogP contribution in [0.15, 0.2) is 60.7 Å². The molecular formula is C23H19F2NO4. The number of esters is 2. The molecule has 2 aromatic carbocycles. The van der Waals surface area contributed by atoms with Crippen molar-refractivity contribution in [2.75, 3.05) is 6.61 Å². The fraction of sp³-hybridized carbons (Fsp3) is 0.130. The highest BCUT2D eigenvalue weighted by molar-refractivity contribution is 5.94. The number of carbonyl (C=O) groups is 2. The van der Waals surface area contributed by atoms with Crippen LogP contribution in [-0.2, 0) is 20.9 Å². The van der Waals surface area contributed by atoms with Crippen LogP contribution in [0.1, 0.15) is 28.5 Å². The molecule has 1 heterocycles. The second kappa shape index (κ2) is 9.65. The number of H-pyrrole nitrogens is 1. The van der Waals surface area contributed by atoms with Crippen LogP contribution in [0.2, 0.25) is 0 Å². The molecule has 0 atom stereocenters. The Balaban J connectivity index is 1.87. The van der Waals surface area contributed by atoms with Crippen molar-refractivity contribution in [1.82, 2.24) is 4.98 Å². The largest absolute Gasteiger partial charge is 0.461 e. The van der Waals surface area contributed by atoms with Gasteiger partial charge in [-0.05, 0) is 48.4 Å². The molecule has 3 aromatic rings. The van der Waals surface area contributed by atoms with Gasteiger partial charge in [-0.2, -0.15) is 0 Å². The molecule has 0 aliphatic carbocycles. The third-order valence-electron chi connectivity index (χ3n) is 4.20. The van der Waals surface area contributed by atoms with E-state index in [4.69, 9.17) is 9.47 Å². The Morgan fingerprint density at radius 3 is 2.37 bits per heavy atom. The van der Waals surface area contributed by atoms with Crippen molar-refractivity contribution in [3.8, 4) is 11.3 Å². The van der Waals surface area contributed by atoms with Crippen molar-refractivity contribution >= 4 is 18.0 Å². The Hall–Kier alpha value is -3.74. The molecule has 5 nitrogen and oxygen atoms in total. The lowest BCUT2D eigenvalue weighted by Crippen LogP contribution is -2.07. The van der Waals surface area contributed by atoms with E-state index < -0.39 is 23.6 Å².